The highest BCUT2D eigenvalue weighted by Gasteiger charge is 2.33. The Morgan fingerprint density at radius 3 is 2.45 bits per heavy atom. The first-order valence-electron chi connectivity index (χ1n) is 10.4. The second kappa shape index (κ2) is 9.68. The summed E-state index contributed by atoms with van der Waals surface area (Å²) in [7, 11) is 1.38. The highest BCUT2D eigenvalue weighted by atomic mass is 16.7. The van der Waals surface area contributed by atoms with Gasteiger partial charge in [-0.15, -0.1) is 0 Å². The van der Waals surface area contributed by atoms with Crippen LogP contribution in [-0.2, 0) is 20.9 Å². The minimum absolute atomic E-state index is 0.0356. The van der Waals surface area contributed by atoms with Crippen LogP contribution in [-0.4, -0.2) is 48.4 Å². The molecule has 0 aliphatic carbocycles. The summed E-state index contributed by atoms with van der Waals surface area (Å²) < 4.78 is 27.0. The molecule has 0 bridgehead atoms. The number of cyclic esters (lactones) is 1. The molecular formula is C24H28O9. The number of ether oxygens (including phenoxy) is 5. The standard InChI is InChI=1S/C24H28O9/c1-13(2)32-22(26)24(3,4)12-31-19-16(8-9-18(20(19)29-5)33-23(27)28)14-6-7-17-15(10-14)11-30-21(17)25/h6-10,13,23,27-28H,11-12H2,1-5H3. The third-order valence-corrected chi connectivity index (χ3v) is 4.98. The largest absolute Gasteiger partial charge is 0.490 e. The monoisotopic (exact) mass is 460 g/mol. The Morgan fingerprint density at radius 1 is 1.12 bits per heavy atom. The summed E-state index contributed by atoms with van der Waals surface area (Å²) in [5.74, 6) is -0.428. The summed E-state index contributed by atoms with van der Waals surface area (Å²) in [6, 6.07) is 8.39. The highest BCUT2D eigenvalue weighted by Crippen LogP contribution is 2.46. The summed E-state index contributed by atoms with van der Waals surface area (Å²) in [5.41, 5.74) is 1.53. The Kier molecular flexibility index (Phi) is 7.14. The molecule has 0 fully saturated rings. The minimum Gasteiger partial charge on any atom is -0.490 e. The molecule has 0 saturated heterocycles. The number of rotatable bonds is 9. The number of methoxy groups -OCH3 is 1. The van der Waals surface area contributed by atoms with Crippen LogP contribution in [0.4, 0.5) is 0 Å². The zero-order chi connectivity index (χ0) is 24.3. The van der Waals surface area contributed by atoms with Crippen molar-refractivity contribution in [2.45, 2.75) is 46.9 Å². The molecule has 0 amide bonds. The van der Waals surface area contributed by atoms with Crippen molar-refractivity contribution in [3.63, 3.8) is 0 Å². The van der Waals surface area contributed by atoms with Gasteiger partial charge in [-0.2, -0.15) is 0 Å². The summed E-state index contributed by atoms with van der Waals surface area (Å²) in [4.78, 5) is 24.3. The van der Waals surface area contributed by atoms with Crippen LogP contribution in [0.5, 0.6) is 17.2 Å². The van der Waals surface area contributed by atoms with Crippen LogP contribution < -0.4 is 14.2 Å². The zero-order valence-electron chi connectivity index (χ0n) is 19.2. The molecule has 0 spiro atoms. The second-order valence-corrected chi connectivity index (χ2v) is 8.49. The number of aliphatic hydroxyl groups excluding tert-OH is 1. The maximum absolute atomic E-state index is 12.5. The molecule has 1 heterocycles. The van der Waals surface area contributed by atoms with Gasteiger partial charge in [0.1, 0.15) is 13.2 Å². The molecule has 0 saturated carbocycles. The van der Waals surface area contributed by atoms with E-state index in [1.807, 2.05) is 6.07 Å². The predicted octanol–water partition coefficient (Wildman–Crippen LogP) is 3.04. The van der Waals surface area contributed by atoms with E-state index < -0.39 is 17.9 Å². The van der Waals surface area contributed by atoms with Gasteiger partial charge in [0.2, 0.25) is 5.75 Å². The molecule has 0 aromatic heterocycles. The summed E-state index contributed by atoms with van der Waals surface area (Å²) >= 11 is 0. The van der Waals surface area contributed by atoms with Crippen LogP contribution in [0.2, 0.25) is 0 Å². The molecule has 33 heavy (non-hydrogen) atoms. The number of carbonyl (C=O) groups is 2. The average molecular weight is 460 g/mol. The topological polar surface area (TPSA) is 121 Å². The summed E-state index contributed by atoms with van der Waals surface area (Å²) in [5, 5.41) is 18.6. The molecule has 2 aromatic rings. The van der Waals surface area contributed by atoms with Gasteiger partial charge in [-0.3, -0.25) is 4.79 Å². The van der Waals surface area contributed by atoms with Crippen molar-refractivity contribution >= 4 is 11.9 Å². The summed E-state index contributed by atoms with van der Waals surface area (Å²) in [6.07, 6.45) is -0.277. The molecule has 0 atom stereocenters. The maximum Gasteiger partial charge on any atom is 0.338 e. The van der Waals surface area contributed by atoms with Crippen molar-refractivity contribution in [1.82, 2.24) is 0 Å². The SMILES string of the molecule is COc1c(OC(O)O)ccc(-c2ccc3c(c2)COC3=O)c1OCC(C)(C)C(=O)OC(C)C. The lowest BCUT2D eigenvalue weighted by atomic mass is 9.94. The van der Waals surface area contributed by atoms with Crippen molar-refractivity contribution in [2.24, 2.45) is 5.41 Å². The van der Waals surface area contributed by atoms with Crippen molar-refractivity contribution < 1.29 is 43.5 Å². The van der Waals surface area contributed by atoms with Gasteiger partial charge in [-0.05, 0) is 57.5 Å². The quantitative estimate of drug-likeness (QED) is 0.430. The maximum atomic E-state index is 12.5. The molecule has 9 heteroatoms. The first kappa shape index (κ1) is 24.3. The van der Waals surface area contributed by atoms with E-state index in [4.69, 9.17) is 23.7 Å². The third kappa shape index (κ3) is 5.37. The lowest BCUT2D eigenvalue weighted by Gasteiger charge is -2.26. The molecule has 3 rings (SSSR count). The van der Waals surface area contributed by atoms with Crippen LogP contribution in [0.25, 0.3) is 11.1 Å². The molecule has 2 N–H and O–H groups in total. The Bertz CT molecular complexity index is 1040. The van der Waals surface area contributed by atoms with E-state index in [-0.39, 0.29) is 42.5 Å². The molecule has 178 valence electrons. The molecule has 1 aliphatic rings. The van der Waals surface area contributed by atoms with Gasteiger partial charge in [0, 0.05) is 11.1 Å². The normalized spacial score (nSPS) is 13.1. The van der Waals surface area contributed by atoms with E-state index >= 15 is 0 Å². The lowest BCUT2D eigenvalue weighted by Crippen LogP contribution is -2.34. The Morgan fingerprint density at radius 2 is 1.82 bits per heavy atom. The summed E-state index contributed by atoms with van der Waals surface area (Å²) in [6.45, 7) is 4.96. The average Bonchev–Trinajstić information content (AvgIpc) is 3.11. The van der Waals surface area contributed by atoms with Gasteiger partial charge in [0.25, 0.3) is 0 Å². The van der Waals surface area contributed by atoms with Crippen molar-refractivity contribution in [3.05, 3.63) is 41.5 Å². The number of hydrogen-bond acceptors (Lipinski definition) is 9. The molecule has 0 radical (unpaired) electrons. The van der Waals surface area contributed by atoms with E-state index in [2.05, 4.69) is 0 Å². The first-order valence-corrected chi connectivity index (χ1v) is 10.4. The van der Waals surface area contributed by atoms with E-state index in [9.17, 15) is 19.8 Å². The van der Waals surface area contributed by atoms with Gasteiger partial charge >= 0.3 is 18.4 Å². The fraction of sp³-hybridized carbons (Fsp3) is 0.417. The van der Waals surface area contributed by atoms with Gasteiger partial charge in [0.15, 0.2) is 11.5 Å². The van der Waals surface area contributed by atoms with E-state index in [1.165, 1.54) is 13.2 Å². The van der Waals surface area contributed by atoms with Gasteiger partial charge in [0.05, 0.1) is 24.2 Å². The van der Waals surface area contributed by atoms with Crippen molar-refractivity contribution in [2.75, 3.05) is 13.7 Å². The Balaban J connectivity index is 2.03. The number of aliphatic hydroxyl groups is 2. The first-order chi connectivity index (χ1) is 15.5. The highest BCUT2D eigenvalue weighted by molar-refractivity contribution is 5.94. The van der Waals surface area contributed by atoms with E-state index in [1.54, 1.807) is 45.9 Å². The van der Waals surface area contributed by atoms with Crippen LogP contribution >= 0.6 is 0 Å². The lowest BCUT2D eigenvalue weighted by molar-refractivity contribution is -0.180. The molecule has 0 unspecified atom stereocenters. The molecule has 9 nitrogen and oxygen atoms in total. The number of hydrogen-bond donors (Lipinski definition) is 2. The van der Waals surface area contributed by atoms with Gasteiger partial charge < -0.3 is 33.9 Å². The fourth-order valence-electron chi connectivity index (χ4n) is 3.30. The van der Waals surface area contributed by atoms with Crippen molar-refractivity contribution in [1.29, 1.82) is 0 Å². The molecule has 2 aromatic carbocycles. The van der Waals surface area contributed by atoms with Crippen LogP contribution in [0.15, 0.2) is 30.3 Å². The van der Waals surface area contributed by atoms with Crippen LogP contribution in [0.3, 0.4) is 0 Å². The third-order valence-electron chi connectivity index (χ3n) is 4.98. The number of fused-ring (bicyclic) bond motifs is 1. The van der Waals surface area contributed by atoms with Gasteiger partial charge in [-0.1, -0.05) is 6.07 Å². The zero-order valence-corrected chi connectivity index (χ0v) is 19.2. The molecule has 1 aliphatic heterocycles. The van der Waals surface area contributed by atoms with E-state index in [0.717, 1.165) is 5.56 Å². The number of carbonyl (C=O) groups excluding carboxylic acids is 2. The number of esters is 2. The second-order valence-electron chi connectivity index (χ2n) is 8.49. The van der Waals surface area contributed by atoms with Crippen molar-refractivity contribution in [3.8, 4) is 28.4 Å². The predicted molar refractivity (Wildman–Crippen MR) is 117 cm³/mol. The van der Waals surface area contributed by atoms with Gasteiger partial charge in [-0.25, -0.2) is 4.79 Å². The smallest absolute Gasteiger partial charge is 0.338 e. The molecular weight excluding hydrogens is 432 g/mol. The number of benzene rings is 2. The van der Waals surface area contributed by atoms with E-state index in [0.29, 0.717) is 16.7 Å². The minimum atomic E-state index is -2.07. The van der Waals surface area contributed by atoms with Crippen LogP contribution in [0, 0.1) is 5.41 Å². The Hall–Kier alpha value is -3.30. The van der Waals surface area contributed by atoms with Crippen LogP contribution in [0.1, 0.15) is 43.6 Å². The fourth-order valence-corrected chi connectivity index (χ4v) is 3.30. The Labute approximate surface area is 191 Å².